The minimum Gasteiger partial charge on any atom is -0.496 e. The number of hydrogen-bond acceptors (Lipinski definition) is 12. The number of piperidine rings is 1. The highest BCUT2D eigenvalue weighted by Crippen LogP contribution is 2.68. The highest BCUT2D eigenvalue weighted by Gasteiger charge is 2.80. The van der Waals surface area contributed by atoms with Crippen molar-refractivity contribution in [1.29, 1.82) is 0 Å². The van der Waals surface area contributed by atoms with Gasteiger partial charge in [-0.15, -0.1) is 0 Å². The Morgan fingerprint density at radius 2 is 1.67 bits per heavy atom. The number of aryl methyl sites for hydroxylation is 2. The molecule has 11 rings (SSSR count). The SMILES string of the molecule is CC[C@]1(NC(=O)c2ccc3c(c2)CCC3)C[C@H]2CN(CCc3c([nH]c4ccccc34)[C@@](C(=O)OC)(c3cc4c(cc3OC)N(C)[C@H]3[C@@](O)(C(=O)OC)[C@H](OC(C)=O)[C@]5(CC)C=CCN6CC[C@]43[C@@H]65)C2)C1. The Bertz CT molecular complexity index is 2860. The summed E-state index contributed by atoms with van der Waals surface area (Å²) >= 11 is 0. The summed E-state index contributed by atoms with van der Waals surface area (Å²) < 4.78 is 24.3. The molecule has 7 aliphatic rings. The lowest BCUT2D eigenvalue weighted by molar-refractivity contribution is -0.228. The Balaban J connectivity index is 1.13. The van der Waals surface area contributed by atoms with Crippen molar-refractivity contribution in [3.05, 3.63) is 106 Å². The number of fused-ring (bicyclic) bond motifs is 7. The molecule has 3 N–H and O–H groups in total. The normalized spacial score (nSPS) is 33.7. The standard InChI is InChI=1S/C56H67N5O9/c1-8-52(58-46(63)37-19-18-35-14-12-15-36(35)26-37)29-34-30-55(50(64)68-6,45-39(20-24-60(31-34)32-52)38-16-10-11-17-42(38)57-45)41-27-40-43(28-44(41)67-5)59(4)48-54(40)22-25-61-23-13-21-53(9-2,47(54)61)49(70-33(3)62)56(48,66)51(65)69-7/h10-11,13,16-19,21,26-28,34,47-49,57,66H,8-9,12,14-15,20,22-25,29-32H2,1-7H3,(H,58,63)/t34-,47+,48-,49-,52+,53-,54-,55+,56+/m1/s1. The van der Waals surface area contributed by atoms with E-state index in [9.17, 15) is 19.5 Å². The highest BCUT2D eigenvalue weighted by atomic mass is 16.6. The number of aromatic nitrogens is 1. The van der Waals surface area contributed by atoms with Gasteiger partial charge in [-0.25, -0.2) is 4.79 Å². The molecule has 5 aliphatic heterocycles. The van der Waals surface area contributed by atoms with Gasteiger partial charge in [-0.05, 0) is 117 Å². The predicted molar refractivity (Wildman–Crippen MR) is 264 cm³/mol. The summed E-state index contributed by atoms with van der Waals surface area (Å²) in [6.07, 6.45) is 9.24. The molecule has 3 aromatic carbocycles. The van der Waals surface area contributed by atoms with Crippen LogP contribution in [0.15, 0.2) is 66.7 Å². The second-order valence-electron chi connectivity index (χ2n) is 21.6. The van der Waals surface area contributed by atoms with E-state index < -0.39 is 57.4 Å². The van der Waals surface area contributed by atoms with E-state index in [2.05, 4.69) is 69.5 Å². The van der Waals surface area contributed by atoms with E-state index in [1.54, 1.807) is 7.11 Å². The second kappa shape index (κ2) is 16.7. The number of amides is 1. The summed E-state index contributed by atoms with van der Waals surface area (Å²) in [4.78, 5) is 68.6. The topological polar surface area (TPSA) is 163 Å². The van der Waals surface area contributed by atoms with Crippen LogP contribution in [-0.4, -0.2) is 134 Å². The van der Waals surface area contributed by atoms with Gasteiger partial charge in [0, 0.05) is 96.5 Å². The summed E-state index contributed by atoms with van der Waals surface area (Å²) in [6, 6.07) is 17.2. The molecule has 2 bridgehead atoms. The van der Waals surface area contributed by atoms with E-state index in [4.69, 9.17) is 18.9 Å². The molecule has 1 saturated carbocycles. The fourth-order valence-electron chi connectivity index (χ4n) is 15.7. The number of aromatic amines is 1. The largest absolute Gasteiger partial charge is 0.496 e. The number of hydrogen-bond donors (Lipinski definition) is 3. The van der Waals surface area contributed by atoms with E-state index in [1.165, 1.54) is 32.3 Å². The maximum atomic E-state index is 15.8. The summed E-state index contributed by atoms with van der Waals surface area (Å²) in [7, 11) is 6.20. The van der Waals surface area contributed by atoms with Gasteiger partial charge in [0.2, 0.25) is 5.60 Å². The van der Waals surface area contributed by atoms with Crippen molar-refractivity contribution in [2.75, 3.05) is 66.0 Å². The number of H-pyrrole nitrogens is 1. The molecule has 1 spiro atoms. The van der Waals surface area contributed by atoms with Crippen LogP contribution in [-0.2, 0) is 58.7 Å². The number of anilines is 1. The van der Waals surface area contributed by atoms with E-state index in [-0.39, 0.29) is 17.9 Å². The molecule has 370 valence electrons. The van der Waals surface area contributed by atoms with Crippen LogP contribution in [0.3, 0.4) is 0 Å². The molecule has 6 heterocycles. The third-order valence-corrected chi connectivity index (χ3v) is 18.4. The van der Waals surface area contributed by atoms with E-state index in [0.29, 0.717) is 88.1 Å². The third-order valence-electron chi connectivity index (χ3n) is 18.4. The van der Waals surface area contributed by atoms with E-state index in [0.717, 1.165) is 52.7 Å². The van der Waals surface area contributed by atoms with Crippen molar-refractivity contribution >= 4 is 40.4 Å². The Morgan fingerprint density at radius 1 is 0.886 bits per heavy atom. The quantitative estimate of drug-likeness (QED) is 0.103. The van der Waals surface area contributed by atoms with Crippen molar-refractivity contribution in [2.24, 2.45) is 11.3 Å². The minimum atomic E-state index is -2.33. The number of likely N-dealkylation sites (N-methyl/N-ethyl adjacent to an activating group) is 1. The lowest BCUT2D eigenvalue weighted by Crippen LogP contribution is -2.81. The van der Waals surface area contributed by atoms with Crippen LogP contribution in [0.1, 0.15) is 103 Å². The van der Waals surface area contributed by atoms with Crippen LogP contribution in [0.25, 0.3) is 10.9 Å². The fraction of sp³-hybridized carbons (Fsp3) is 0.536. The van der Waals surface area contributed by atoms with Gasteiger partial charge >= 0.3 is 17.9 Å². The van der Waals surface area contributed by atoms with Gasteiger partial charge in [0.05, 0.1) is 32.9 Å². The smallest absolute Gasteiger partial charge is 0.344 e. The fourth-order valence-corrected chi connectivity index (χ4v) is 15.7. The molecule has 14 nitrogen and oxygen atoms in total. The number of carbonyl (C=O) groups excluding carboxylic acids is 4. The number of benzene rings is 3. The van der Waals surface area contributed by atoms with Gasteiger partial charge < -0.3 is 44.2 Å². The van der Waals surface area contributed by atoms with Crippen LogP contribution >= 0.6 is 0 Å². The molecule has 4 aromatic rings. The Labute approximate surface area is 410 Å². The third kappa shape index (κ3) is 6.33. The number of carbonyl (C=O) groups is 4. The predicted octanol–water partition coefficient (Wildman–Crippen LogP) is 5.92. The van der Waals surface area contributed by atoms with E-state index >= 15 is 4.79 Å². The van der Waals surface area contributed by atoms with Gasteiger partial charge in [0.25, 0.3) is 5.91 Å². The van der Waals surface area contributed by atoms with Crippen molar-refractivity contribution in [2.45, 2.75) is 119 Å². The number of para-hydroxylation sites is 1. The monoisotopic (exact) mass is 953 g/mol. The molecular weight excluding hydrogens is 887 g/mol. The number of nitrogens with one attached hydrogen (secondary N) is 2. The highest BCUT2D eigenvalue weighted by molar-refractivity contribution is 5.96. The van der Waals surface area contributed by atoms with E-state index in [1.807, 2.05) is 43.1 Å². The van der Waals surface area contributed by atoms with Gasteiger partial charge in [0.1, 0.15) is 11.2 Å². The van der Waals surface area contributed by atoms with Gasteiger partial charge in [-0.1, -0.05) is 50.3 Å². The molecule has 14 heteroatoms. The zero-order chi connectivity index (χ0) is 49.1. The van der Waals surface area contributed by atoms with Crippen molar-refractivity contribution in [3.8, 4) is 5.75 Å². The van der Waals surface area contributed by atoms with Crippen LogP contribution < -0.4 is 15.0 Å². The molecule has 3 fully saturated rings. The first-order valence-electron chi connectivity index (χ1n) is 25.4. The summed E-state index contributed by atoms with van der Waals surface area (Å²) in [6.45, 7) is 8.84. The molecule has 10 atom stereocenters. The number of rotatable bonds is 9. The number of methoxy groups -OCH3 is 3. The van der Waals surface area contributed by atoms with Crippen LogP contribution in [0.4, 0.5) is 5.69 Å². The number of nitrogens with zero attached hydrogens (tertiary/aromatic N) is 3. The maximum absolute atomic E-state index is 15.8. The average molecular weight is 954 g/mol. The van der Waals surface area contributed by atoms with Gasteiger partial charge in [-0.3, -0.25) is 19.3 Å². The number of aliphatic hydroxyl groups is 1. The Kier molecular flexibility index (Phi) is 11.1. The first kappa shape index (κ1) is 46.7. The lowest BCUT2D eigenvalue weighted by Gasteiger charge is -2.63. The van der Waals surface area contributed by atoms with Crippen LogP contribution in [0.5, 0.6) is 5.75 Å². The van der Waals surface area contributed by atoms with Crippen molar-refractivity contribution < 1.29 is 43.2 Å². The maximum Gasteiger partial charge on any atom is 0.344 e. The zero-order valence-corrected chi connectivity index (χ0v) is 41.6. The molecule has 70 heavy (non-hydrogen) atoms. The van der Waals surface area contributed by atoms with Crippen LogP contribution in [0.2, 0.25) is 0 Å². The summed E-state index contributed by atoms with van der Waals surface area (Å²) in [5, 5.41) is 18.1. The second-order valence-corrected chi connectivity index (χ2v) is 21.6. The first-order valence-corrected chi connectivity index (χ1v) is 25.4. The number of esters is 3. The molecular formula is C56H67N5O9. The average Bonchev–Trinajstić information content (AvgIpc) is 4.16. The molecule has 1 aromatic heterocycles. The zero-order valence-electron chi connectivity index (χ0n) is 41.6. The minimum absolute atomic E-state index is 0.0812. The Hall–Kier alpha value is -5.70. The molecule has 2 saturated heterocycles. The van der Waals surface area contributed by atoms with Crippen LogP contribution in [0, 0.1) is 11.3 Å². The first-order chi connectivity index (χ1) is 33.7. The molecule has 1 amide bonds. The summed E-state index contributed by atoms with van der Waals surface area (Å²) in [5.74, 6) is -1.67. The van der Waals surface area contributed by atoms with Crippen molar-refractivity contribution in [3.63, 3.8) is 0 Å². The Morgan fingerprint density at radius 3 is 2.41 bits per heavy atom. The van der Waals surface area contributed by atoms with Crippen molar-refractivity contribution in [1.82, 2.24) is 20.1 Å². The summed E-state index contributed by atoms with van der Waals surface area (Å²) in [5.41, 5.74) is 1.81. The van der Waals surface area contributed by atoms with Gasteiger partial charge in [-0.2, -0.15) is 0 Å². The number of ether oxygens (including phenoxy) is 4. The molecule has 1 unspecified atom stereocenters. The lowest BCUT2D eigenvalue weighted by atomic mass is 9.47. The van der Waals surface area contributed by atoms with Gasteiger partial charge in [0.15, 0.2) is 6.10 Å². The molecule has 2 aliphatic carbocycles. The molecule has 0 radical (unpaired) electrons.